The van der Waals surface area contributed by atoms with Crippen molar-refractivity contribution in [1.29, 1.82) is 0 Å². The predicted octanol–water partition coefficient (Wildman–Crippen LogP) is -0.118. The van der Waals surface area contributed by atoms with E-state index in [2.05, 4.69) is 5.32 Å². The third-order valence-electron chi connectivity index (χ3n) is 3.50. The lowest BCUT2D eigenvalue weighted by Crippen LogP contribution is -2.50. The molecule has 2 aliphatic rings. The molecule has 0 radical (unpaired) electrons. The molecule has 4 nitrogen and oxygen atoms in total. The monoisotopic (exact) mass is 210 g/mol. The van der Waals surface area contributed by atoms with Crippen LogP contribution in [0.15, 0.2) is 0 Å². The third-order valence-corrected chi connectivity index (χ3v) is 3.50. The van der Waals surface area contributed by atoms with Gasteiger partial charge in [0, 0.05) is 12.5 Å². The summed E-state index contributed by atoms with van der Waals surface area (Å²) in [7, 11) is 0. The van der Waals surface area contributed by atoms with Crippen LogP contribution in [0.3, 0.4) is 0 Å². The van der Waals surface area contributed by atoms with Gasteiger partial charge in [-0.05, 0) is 32.2 Å². The van der Waals surface area contributed by atoms with E-state index in [0.717, 1.165) is 38.8 Å². The molecule has 1 amide bonds. The van der Waals surface area contributed by atoms with E-state index in [1.807, 2.05) is 4.90 Å². The molecule has 0 aliphatic carbocycles. The molecule has 2 saturated heterocycles. The van der Waals surface area contributed by atoms with Crippen molar-refractivity contribution in [2.24, 2.45) is 0 Å². The van der Waals surface area contributed by atoms with Gasteiger partial charge in [-0.3, -0.25) is 4.79 Å². The maximum Gasteiger partial charge on any atom is 0.309 e. The van der Waals surface area contributed by atoms with Gasteiger partial charge in [-0.2, -0.15) is 0 Å². The summed E-state index contributed by atoms with van der Waals surface area (Å²) in [5.74, 6) is 0.232. The van der Waals surface area contributed by atoms with E-state index in [-0.39, 0.29) is 17.9 Å². The molecular weight excluding hydrogens is 191 g/mol. The lowest BCUT2D eigenvalue weighted by Gasteiger charge is -2.27. The number of rotatable bonds is 2. The average Bonchev–Trinajstić information content (AvgIpc) is 2.88. The SMILES string of the molecule is CB(O)[C@@H]1CCCN1C(=O)[C@@H]1CCCN1. The zero-order valence-electron chi connectivity index (χ0n) is 9.28. The topological polar surface area (TPSA) is 52.6 Å². The molecule has 0 bridgehead atoms. The number of amides is 1. The van der Waals surface area contributed by atoms with Crippen molar-refractivity contribution in [3.63, 3.8) is 0 Å². The van der Waals surface area contributed by atoms with Gasteiger partial charge < -0.3 is 15.2 Å². The summed E-state index contributed by atoms with van der Waals surface area (Å²) in [5, 5.41) is 12.8. The van der Waals surface area contributed by atoms with E-state index < -0.39 is 6.92 Å². The molecule has 0 aromatic carbocycles. The van der Waals surface area contributed by atoms with Crippen LogP contribution in [0.2, 0.25) is 6.82 Å². The fraction of sp³-hybridized carbons (Fsp3) is 0.900. The first-order chi connectivity index (χ1) is 7.20. The first kappa shape index (κ1) is 11.0. The number of carbonyl (C=O) groups is 1. The molecule has 2 fully saturated rings. The number of hydrogen-bond acceptors (Lipinski definition) is 3. The normalized spacial score (nSPS) is 30.9. The number of nitrogens with one attached hydrogen (secondary N) is 1. The summed E-state index contributed by atoms with van der Waals surface area (Å²) in [4.78, 5) is 14.0. The molecule has 2 rings (SSSR count). The van der Waals surface area contributed by atoms with Crippen LogP contribution in [0.1, 0.15) is 25.7 Å². The van der Waals surface area contributed by atoms with Crippen LogP contribution in [0.4, 0.5) is 0 Å². The minimum absolute atomic E-state index is 0.00403. The predicted molar refractivity (Wildman–Crippen MR) is 59.6 cm³/mol. The van der Waals surface area contributed by atoms with Crippen LogP contribution >= 0.6 is 0 Å². The number of hydrogen-bond donors (Lipinski definition) is 2. The highest BCUT2D eigenvalue weighted by Crippen LogP contribution is 2.21. The lowest BCUT2D eigenvalue weighted by atomic mass is 9.62. The quantitative estimate of drug-likeness (QED) is 0.625. The minimum Gasteiger partial charge on any atom is -0.449 e. The average molecular weight is 210 g/mol. The van der Waals surface area contributed by atoms with Gasteiger partial charge in [-0.25, -0.2) is 0 Å². The molecular formula is C10H19BN2O2. The second-order valence-electron chi connectivity index (χ2n) is 4.63. The van der Waals surface area contributed by atoms with Gasteiger partial charge in [0.25, 0.3) is 0 Å². The number of likely N-dealkylation sites (tertiary alicyclic amines) is 1. The van der Waals surface area contributed by atoms with Crippen molar-refractivity contribution in [2.75, 3.05) is 13.1 Å². The summed E-state index contributed by atoms with van der Waals surface area (Å²) < 4.78 is 0. The number of carbonyl (C=O) groups excluding carboxylic acids is 1. The van der Waals surface area contributed by atoms with Crippen LogP contribution in [0.5, 0.6) is 0 Å². The highest BCUT2D eigenvalue weighted by atomic mass is 16.2. The molecule has 0 saturated carbocycles. The molecule has 0 spiro atoms. The Balaban J connectivity index is 1.99. The van der Waals surface area contributed by atoms with Gasteiger partial charge in [0.2, 0.25) is 5.91 Å². The summed E-state index contributed by atoms with van der Waals surface area (Å²) in [6.45, 7) is 3.13. The van der Waals surface area contributed by atoms with Crippen LogP contribution in [-0.4, -0.2) is 47.8 Å². The summed E-state index contributed by atoms with van der Waals surface area (Å²) in [6.07, 6.45) is 4.00. The molecule has 2 atom stereocenters. The molecule has 0 aromatic heterocycles. The van der Waals surface area contributed by atoms with Gasteiger partial charge >= 0.3 is 6.92 Å². The first-order valence-corrected chi connectivity index (χ1v) is 5.92. The fourth-order valence-electron chi connectivity index (χ4n) is 2.66. The third kappa shape index (κ3) is 2.18. The Bertz CT molecular complexity index is 242. The van der Waals surface area contributed by atoms with Crippen LogP contribution < -0.4 is 5.32 Å². The zero-order valence-corrected chi connectivity index (χ0v) is 9.28. The Hall–Kier alpha value is -0.545. The van der Waals surface area contributed by atoms with Crippen molar-refractivity contribution >= 4 is 12.8 Å². The van der Waals surface area contributed by atoms with Crippen molar-refractivity contribution in [2.45, 2.75) is 44.5 Å². The second-order valence-corrected chi connectivity index (χ2v) is 4.63. The van der Waals surface area contributed by atoms with Crippen molar-refractivity contribution < 1.29 is 9.82 Å². The maximum absolute atomic E-state index is 12.1. The van der Waals surface area contributed by atoms with Crippen molar-refractivity contribution in [1.82, 2.24) is 10.2 Å². The van der Waals surface area contributed by atoms with E-state index in [9.17, 15) is 9.82 Å². The highest BCUT2D eigenvalue weighted by molar-refractivity contribution is 6.51. The number of nitrogens with zero attached hydrogens (tertiary/aromatic N) is 1. The van der Waals surface area contributed by atoms with Gasteiger partial charge in [-0.1, -0.05) is 6.82 Å². The summed E-state index contributed by atoms with van der Waals surface area (Å²) >= 11 is 0. The van der Waals surface area contributed by atoms with E-state index in [4.69, 9.17) is 0 Å². The van der Waals surface area contributed by atoms with Crippen LogP contribution in [0, 0.1) is 0 Å². The molecule has 0 aromatic rings. The van der Waals surface area contributed by atoms with Gasteiger partial charge in [0.05, 0.1) is 6.04 Å². The van der Waals surface area contributed by atoms with Crippen LogP contribution in [-0.2, 0) is 4.79 Å². The van der Waals surface area contributed by atoms with Crippen molar-refractivity contribution in [3.05, 3.63) is 0 Å². The summed E-state index contributed by atoms with van der Waals surface area (Å²) in [5.41, 5.74) is 0. The van der Waals surface area contributed by atoms with E-state index >= 15 is 0 Å². The molecule has 0 unspecified atom stereocenters. The maximum atomic E-state index is 12.1. The smallest absolute Gasteiger partial charge is 0.309 e. The Morgan fingerprint density at radius 2 is 2.27 bits per heavy atom. The minimum atomic E-state index is -0.405. The van der Waals surface area contributed by atoms with Gasteiger partial charge in [0.15, 0.2) is 0 Å². The molecule has 15 heavy (non-hydrogen) atoms. The highest BCUT2D eigenvalue weighted by Gasteiger charge is 2.37. The fourth-order valence-corrected chi connectivity index (χ4v) is 2.66. The molecule has 84 valence electrons. The van der Waals surface area contributed by atoms with Gasteiger partial charge in [-0.15, -0.1) is 0 Å². The largest absolute Gasteiger partial charge is 0.449 e. The first-order valence-electron chi connectivity index (χ1n) is 5.92. The molecule has 2 N–H and O–H groups in total. The van der Waals surface area contributed by atoms with Crippen LogP contribution in [0.25, 0.3) is 0 Å². The zero-order chi connectivity index (χ0) is 10.8. The Kier molecular flexibility index (Phi) is 3.31. The Morgan fingerprint density at radius 3 is 2.87 bits per heavy atom. The Labute approximate surface area is 91.1 Å². The Morgan fingerprint density at radius 1 is 1.47 bits per heavy atom. The van der Waals surface area contributed by atoms with E-state index in [1.54, 1.807) is 6.82 Å². The summed E-state index contributed by atoms with van der Waals surface area (Å²) in [6, 6.07) is 0.00403. The second kappa shape index (κ2) is 4.53. The standard InChI is InChI=1S/C10H19BN2O2/c1-11(15)9-5-3-7-13(9)10(14)8-4-2-6-12-8/h8-9,12,15H,2-7H2,1H3/t8-,9-/m0/s1. The van der Waals surface area contributed by atoms with E-state index in [1.165, 1.54) is 0 Å². The molecule has 2 heterocycles. The molecule has 2 aliphatic heterocycles. The van der Waals surface area contributed by atoms with E-state index in [0.29, 0.717) is 0 Å². The lowest BCUT2D eigenvalue weighted by molar-refractivity contribution is -0.132. The van der Waals surface area contributed by atoms with Gasteiger partial charge in [0.1, 0.15) is 0 Å². The van der Waals surface area contributed by atoms with Crippen molar-refractivity contribution in [3.8, 4) is 0 Å². The molecule has 5 heteroatoms.